The first-order valence-corrected chi connectivity index (χ1v) is 6.59. The lowest BCUT2D eigenvalue weighted by molar-refractivity contribution is 0.231. The third-order valence-electron chi connectivity index (χ3n) is 2.79. The van der Waals surface area contributed by atoms with Crippen LogP contribution in [0.3, 0.4) is 0 Å². The second kappa shape index (κ2) is 6.33. The molecule has 17 heavy (non-hydrogen) atoms. The van der Waals surface area contributed by atoms with Gasteiger partial charge in [-0.25, -0.2) is 0 Å². The molecule has 1 fully saturated rings. The maximum absolute atomic E-state index is 12.4. The van der Waals surface area contributed by atoms with Gasteiger partial charge in [0, 0.05) is 37.6 Å². The Labute approximate surface area is 104 Å². The van der Waals surface area contributed by atoms with Crippen molar-refractivity contribution in [1.29, 1.82) is 0 Å². The Bertz CT molecular complexity index is 354. The van der Waals surface area contributed by atoms with Gasteiger partial charge < -0.3 is 5.32 Å². The maximum atomic E-state index is 12.4. The second-order valence-corrected chi connectivity index (χ2v) is 5.04. The molecule has 1 aromatic rings. The minimum absolute atomic E-state index is 0.638. The first-order valence-electron chi connectivity index (χ1n) is 5.71. The van der Waals surface area contributed by atoms with E-state index in [4.69, 9.17) is 0 Å². The van der Waals surface area contributed by atoms with Crippen LogP contribution in [-0.4, -0.2) is 36.8 Å². The topological polar surface area (TPSA) is 15.3 Å². The number of nitrogens with one attached hydrogen (secondary N) is 1. The van der Waals surface area contributed by atoms with Crippen LogP contribution in [0.25, 0.3) is 0 Å². The first-order chi connectivity index (χ1) is 8.25. The highest BCUT2D eigenvalue weighted by Gasteiger charge is 2.14. The van der Waals surface area contributed by atoms with Gasteiger partial charge in [-0.2, -0.15) is 8.78 Å². The highest BCUT2D eigenvalue weighted by molar-refractivity contribution is 7.99. The quantitative estimate of drug-likeness (QED) is 0.835. The van der Waals surface area contributed by atoms with Crippen LogP contribution >= 0.6 is 11.8 Å². The van der Waals surface area contributed by atoms with E-state index in [0.29, 0.717) is 16.7 Å². The Morgan fingerprint density at radius 2 is 1.94 bits per heavy atom. The van der Waals surface area contributed by atoms with E-state index in [0.717, 1.165) is 38.3 Å². The van der Waals surface area contributed by atoms with E-state index >= 15 is 0 Å². The van der Waals surface area contributed by atoms with Crippen molar-refractivity contribution in [2.45, 2.75) is 17.2 Å². The van der Waals surface area contributed by atoms with E-state index in [1.54, 1.807) is 6.07 Å². The summed E-state index contributed by atoms with van der Waals surface area (Å²) in [5.41, 5.74) is 1.000. The molecule has 94 valence electrons. The predicted octanol–water partition coefficient (Wildman–Crippen LogP) is 2.41. The van der Waals surface area contributed by atoms with Crippen molar-refractivity contribution in [1.82, 2.24) is 10.2 Å². The molecule has 1 N–H and O–H groups in total. The predicted molar refractivity (Wildman–Crippen MR) is 66.4 cm³/mol. The summed E-state index contributed by atoms with van der Waals surface area (Å²) in [6.07, 6.45) is 0. The van der Waals surface area contributed by atoms with Crippen LogP contribution in [0.1, 0.15) is 5.56 Å². The zero-order valence-electron chi connectivity index (χ0n) is 9.53. The molecule has 1 heterocycles. The van der Waals surface area contributed by atoms with Crippen molar-refractivity contribution in [2.75, 3.05) is 26.2 Å². The summed E-state index contributed by atoms with van der Waals surface area (Å²) in [4.78, 5) is 2.99. The van der Waals surface area contributed by atoms with Crippen molar-refractivity contribution in [2.24, 2.45) is 0 Å². The number of piperazine rings is 1. The lowest BCUT2D eigenvalue weighted by atomic mass is 10.2. The number of alkyl halides is 2. The van der Waals surface area contributed by atoms with Crippen LogP contribution in [0.15, 0.2) is 29.2 Å². The zero-order valence-corrected chi connectivity index (χ0v) is 10.4. The number of benzene rings is 1. The molecule has 0 amide bonds. The monoisotopic (exact) mass is 258 g/mol. The molecule has 2 rings (SSSR count). The third-order valence-corrected chi connectivity index (χ3v) is 3.62. The largest absolute Gasteiger partial charge is 0.314 e. The Hall–Kier alpha value is -0.650. The normalized spacial score (nSPS) is 17.6. The van der Waals surface area contributed by atoms with Gasteiger partial charge in [0.05, 0.1) is 0 Å². The minimum Gasteiger partial charge on any atom is -0.314 e. The van der Waals surface area contributed by atoms with Crippen molar-refractivity contribution in [3.05, 3.63) is 29.8 Å². The fourth-order valence-electron chi connectivity index (χ4n) is 1.96. The molecule has 0 spiro atoms. The molecular formula is C12H16F2N2S. The lowest BCUT2D eigenvalue weighted by Crippen LogP contribution is -2.42. The summed E-state index contributed by atoms with van der Waals surface area (Å²) in [6.45, 7) is 4.67. The fraction of sp³-hybridized carbons (Fsp3) is 0.500. The van der Waals surface area contributed by atoms with E-state index in [1.165, 1.54) is 0 Å². The SMILES string of the molecule is FC(F)Sc1ccccc1CN1CCNCC1. The van der Waals surface area contributed by atoms with Crippen LogP contribution in [0, 0.1) is 0 Å². The molecule has 0 aromatic heterocycles. The maximum Gasteiger partial charge on any atom is 0.288 e. The van der Waals surface area contributed by atoms with Crippen LogP contribution in [0.5, 0.6) is 0 Å². The average molecular weight is 258 g/mol. The lowest BCUT2D eigenvalue weighted by Gasteiger charge is -2.27. The number of hydrogen-bond acceptors (Lipinski definition) is 3. The molecule has 1 aromatic carbocycles. The molecule has 0 atom stereocenters. The number of thioether (sulfide) groups is 1. The molecule has 2 nitrogen and oxygen atoms in total. The summed E-state index contributed by atoms with van der Waals surface area (Å²) in [6, 6.07) is 7.43. The molecule has 0 aliphatic carbocycles. The van der Waals surface area contributed by atoms with Crippen LogP contribution in [0.4, 0.5) is 8.78 Å². The van der Waals surface area contributed by atoms with Gasteiger partial charge >= 0.3 is 0 Å². The Morgan fingerprint density at radius 1 is 1.24 bits per heavy atom. The van der Waals surface area contributed by atoms with Gasteiger partial charge in [-0.05, 0) is 11.6 Å². The van der Waals surface area contributed by atoms with Crippen molar-refractivity contribution < 1.29 is 8.78 Å². The van der Waals surface area contributed by atoms with Gasteiger partial charge in [-0.3, -0.25) is 4.90 Å². The smallest absolute Gasteiger partial charge is 0.288 e. The van der Waals surface area contributed by atoms with Crippen LogP contribution < -0.4 is 5.32 Å². The van der Waals surface area contributed by atoms with E-state index in [2.05, 4.69) is 10.2 Å². The van der Waals surface area contributed by atoms with Gasteiger partial charge in [0.15, 0.2) is 0 Å². The summed E-state index contributed by atoms with van der Waals surface area (Å²) >= 11 is 0.638. The highest BCUT2D eigenvalue weighted by Crippen LogP contribution is 2.29. The standard InChI is InChI=1S/C12H16F2N2S/c13-12(14)17-11-4-2-1-3-10(11)9-16-7-5-15-6-8-16/h1-4,12,15H,5-9H2. The molecule has 1 saturated heterocycles. The molecule has 1 aliphatic rings. The number of hydrogen-bond donors (Lipinski definition) is 1. The summed E-state index contributed by atoms with van der Waals surface area (Å²) in [5, 5.41) is 3.28. The molecule has 0 unspecified atom stereocenters. The molecular weight excluding hydrogens is 242 g/mol. The van der Waals surface area contributed by atoms with Gasteiger partial charge in [0.25, 0.3) is 5.76 Å². The summed E-state index contributed by atoms with van der Waals surface area (Å²) in [7, 11) is 0. The van der Waals surface area contributed by atoms with E-state index in [-0.39, 0.29) is 0 Å². The average Bonchev–Trinajstić information content (AvgIpc) is 2.32. The van der Waals surface area contributed by atoms with Crippen LogP contribution in [0.2, 0.25) is 0 Å². The Balaban J connectivity index is 2.03. The second-order valence-electron chi connectivity index (χ2n) is 4.01. The van der Waals surface area contributed by atoms with Crippen molar-refractivity contribution in [3.8, 4) is 0 Å². The molecule has 1 aliphatic heterocycles. The van der Waals surface area contributed by atoms with Crippen LogP contribution in [-0.2, 0) is 6.54 Å². The minimum atomic E-state index is -2.35. The highest BCUT2D eigenvalue weighted by atomic mass is 32.2. The molecule has 0 saturated carbocycles. The molecule has 0 bridgehead atoms. The Morgan fingerprint density at radius 3 is 2.65 bits per heavy atom. The van der Waals surface area contributed by atoms with Gasteiger partial charge in [0.1, 0.15) is 0 Å². The third kappa shape index (κ3) is 3.94. The van der Waals surface area contributed by atoms with Gasteiger partial charge in [-0.1, -0.05) is 30.0 Å². The first kappa shape index (κ1) is 12.8. The Kier molecular flexibility index (Phi) is 4.76. The molecule has 0 radical (unpaired) electrons. The summed E-state index contributed by atoms with van der Waals surface area (Å²) in [5.74, 6) is -2.35. The van der Waals surface area contributed by atoms with Gasteiger partial charge in [0.2, 0.25) is 0 Å². The van der Waals surface area contributed by atoms with Crippen molar-refractivity contribution in [3.63, 3.8) is 0 Å². The zero-order chi connectivity index (χ0) is 12.1. The molecule has 5 heteroatoms. The number of halogens is 2. The fourth-order valence-corrected chi connectivity index (χ4v) is 2.59. The number of nitrogens with zero attached hydrogens (tertiary/aromatic N) is 1. The summed E-state index contributed by atoms with van der Waals surface area (Å²) < 4.78 is 24.8. The van der Waals surface area contributed by atoms with E-state index in [1.807, 2.05) is 18.2 Å². The van der Waals surface area contributed by atoms with E-state index < -0.39 is 5.76 Å². The number of rotatable bonds is 4. The van der Waals surface area contributed by atoms with Gasteiger partial charge in [-0.15, -0.1) is 0 Å². The van der Waals surface area contributed by atoms with Crippen molar-refractivity contribution >= 4 is 11.8 Å². The van der Waals surface area contributed by atoms with E-state index in [9.17, 15) is 8.78 Å².